The second kappa shape index (κ2) is 4.75. The number of nitrogens with zero attached hydrogens (tertiary/aromatic N) is 1. The topological polar surface area (TPSA) is 73.3 Å². The van der Waals surface area contributed by atoms with Gasteiger partial charge in [-0.1, -0.05) is 0 Å². The van der Waals surface area contributed by atoms with E-state index in [9.17, 15) is 4.39 Å². The van der Waals surface area contributed by atoms with E-state index in [4.69, 9.17) is 16.2 Å². The molecular formula is C10H14FN3O. The first kappa shape index (κ1) is 11.5. The quantitative estimate of drug-likeness (QED) is 0.502. The van der Waals surface area contributed by atoms with E-state index in [1.54, 1.807) is 24.1 Å². The zero-order valence-electron chi connectivity index (χ0n) is 8.50. The van der Waals surface area contributed by atoms with Crippen LogP contribution >= 0.6 is 0 Å². The number of aliphatic hydroxyl groups excluding tert-OH is 1. The summed E-state index contributed by atoms with van der Waals surface area (Å²) in [5, 5.41) is 15.9. The Balaban J connectivity index is 2.97. The number of rotatable bonds is 4. The number of halogens is 1. The van der Waals surface area contributed by atoms with Crippen molar-refractivity contribution >= 4 is 11.5 Å². The normalized spacial score (nSPS) is 10.1. The predicted octanol–water partition coefficient (Wildman–Crippen LogP) is 0.538. The van der Waals surface area contributed by atoms with Crippen LogP contribution in [0.15, 0.2) is 18.2 Å². The summed E-state index contributed by atoms with van der Waals surface area (Å²) < 4.78 is 13.5. The number of nitrogens with two attached hydrogens (primary N) is 1. The van der Waals surface area contributed by atoms with Gasteiger partial charge in [-0.15, -0.1) is 0 Å². The maximum absolute atomic E-state index is 13.5. The van der Waals surface area contributed by atoms with Crippen LogP contribution in [0.5, 0.6) is 0 Å². The van der Waals surface area contributed by atoms with Gasteiger partial charge in [0.2, 0.25) is 0 Å². The van der Waals surface area contributed by atoms with E-state index in [0.717, 1.165) is 0 Å². The summed E-state index contributed by atoms with van der Waals surface area (Å²) in [4.78, 5) is 1.60. The maximum atomic E-state index is 13.5. The van der Waals surface area contributed by atoms with E-state index < -0.39 is 5.82 Å². The third-order valence-corrected chi connectivity index (χ3v) is 2.11. The van der Waals surface area contributed by atoms with E-state index in [-0.39, 0.29) is 12.4 Å². The van der Waals surface area contributed by atoms with Crippen LogP contribution in [-0.2, 0) is 0 Å². The molecule has 0 aliphatic rings. The molecule has 0 heterocycles. The van der Waals surface area contributed by atoms with Gasteiger partial charge < -0.3 is 15.7 Å². The van der Waals surface area contributed by atoms with Crippen molar-refractivity contribution in [3.8, 4) is 0 Å². The minimum Gasteiger partial charge on any atom is -0.395 e. The van der Waals surface area contributed by atoms with Crippen molar-refractivity contribution in [2.45, 2.75) is 0 Å². The Labute approximate surface area is 87.6 Å². The Kier molecular flexibility index (Phi) is 3.62. The lowest BCUT2D eigenvalue weighted by molar-refractivity contribution is 0.304. The number of benzene rings is 1. The molecule has 1 rings (SSSR count). The molecule has 0 unspecified atom stereocenters. The Morgan fingerprint density at radius 3 is 2.73 bits per heavy atom. The first-order valence-electron chi connectivity index (χ1n) is 4.52. The predicted molar refractivity (Wildman–Crippen MR) is 57.8 cm³/mol. The van der Waals surface area contributed by atoms with E-state index >= 15 is 0 Å². The molecule has 0 aliphatic heterocycles. The lowest BCUT2D eigenvalue weighted by atomic mass is 10.1. The number of aliphatic hydroxyl groups is 1. The number of nitrogens with one attached hydrogen (secondary N) is 1. The summed E-state index contributed by atoms with van der Waals surface area (Å²) in [5.74, 6) is -0.607. The summed E-state index contributed by atoms with van der Waals surface area (Å²) in [6, 6.07) is 4.34. The smallest absolute Gasteiger partial charge is 0.147 e. The second-order valence-corrected chi connectivity index (χ2v) is 3.23. The van der Waals surface area contributed by atoms with Crippen molar-refractivity contribution in [1.29, 1.82) is 5.41 Å². The number of hydrogen-bond donors (Lipinski definition) is 3. The summed E-state index contributed by atoms with van der Waals surface area (Å²) in [6.45, 7) is 0.320. The highest BCUT2D eigenvalue weighted by molar-refractivity contribution is 5.95. The summed E-state index contributed by atoms with van der Waals surface area (Å²) in [6.07, 6.45) is 0. The molecule has 1 aromatic carbocycles. The van der Waals surface area contributed by atoms with E-state index in [1.165, 1.54) is 6.07 Å². The maximum Gasteiger partial charge on any atom is 0.147 e. The van der Waals surface area contributed by atoms with Gasteiger partial charge in [-0.25, -0.2) is 4.39 Å². The number of hydrogen-bond acceptors (Lipinski definition) is 3. The Morgan fingerprint density at radius 2 is 2.27 bits per heavy atom. The zero-order chi connectivity index (χ0) is 11.4. The highest BCUT2D eigenvalue weighted by Crippen LogP contribution is 2.18. The molecule has 0 aromatic heterocycles. The molecule has 0 aliphatic carbocycles. The van der Waals surface area contributed by atoms with Gasteiger partial charge in [-0.05, 0) is 18.2 Å². The van der Waals surface area contributed by atoms with Crippen molar-refractivity contribution in [3.05, 3.63) is 29.6 Å². The fourth-order valence-corrected chi connectivity index (χ4v) is 1.25. The van der Waals surface area contributed by atoms with Crippen LogP contribution in [0, 0.1) is 11.2 Å². The largest absolute Gasteiger partial charge is 0.395 e. The SMILES string of the molecule is CN(CCO)c1ccc(C(=N)N)cc1F. The molecule has 0 amide bonds. The van der Waals surface area contributed by atoms with Gasteiger partial charge in [0.25, 0.3) is 0 Å². The Hall–Kier alpha value is -1.62. The fourth-order valence-electron chi connectivity index (χ4n) is 1.25. The molecule has 0 saturated carbocycles. The van der Waals surface area contributed by atoms with Crippen molar-refractivity contribution in [1.82, 2.24) is 0 Å². The molecule has 0 radical (unpaired) electrons. The van der Waals surface area contributed by atoms with Gasteiger partial charge in [0, 0.05) is 19.2 Å². The summed E-state index contributed by atoms with van der Waals surface area (Å²) >= 11 is 0. The van der Waals surface area contributed by atoms with Crippen molar-refractivity contribution in [2.75, 3.05) is 25.1 Å². The van der Waals surface area contributed by atoms with Crippen molar-refractivity contribution in [3.63, 3.8) is 0 Å². The van der Waals surface area contributed by atoms with E-state index in [0.29, 0.717) is 17.8 Å². The molecule has 0 saturated heterocycles. The number of anilines is 1. The van der Waals surface area contributed by atoms with Crippen LogP contribution in [0.2, 0.25) is 0 Å². The molecule has 0 spiro atoms. The third kappa shape index (κ3) is 2.66. The molecule has 0 atom stereocenters. The minimum absolute atomic E-state index is 0.0373. The summed E-state index contributed by atoms with van der Waals surface area (Å²) in [5.41, 5.74) is 5.97. The number of amidine groups is 1. The highest BCUT2D eigenvalue weighted by Gasteiger charge is 2.08. The second-order valence-electron chi connectivity index (χ2n) is 3.23. The Morgan fingerprint density at radius 1 is 1.60 bits per heavy atom. The standard InChI is InChI=1S/C10H14FN3O/c1-14(4-5-15)9-3-2-7(10(12)13)6-8(9)11/h2-3,6,15H,4-5H2,1H3,(H3,12,13). The van der Waals surface area contributed by atoms with E-state index in [2.05, 4.69) is 0 Å². The number of likely N-dealkylation sites (N-methyl/N-ethyl adjacent to an activating group) is 1. The first-order chi connectivity index (χ1) is 7.06. The van der Waals surface area contributed by atoms with Gasteiger partial charge >= 0.3 is 0 Å². The molecule has 4 nitrogen and oxygen atoms in total. The molecule has 0 fully saturated rings. The molecule has 4 N–H and O–H groups in total. The highest BCUT2D eigenvalue weighted by atomic mass is 19.1. The summed E-state index contributed by atoms with van der Waals surface area (Å²) in [7, 11) is 1.68. The van der Waals surface area contributed by atoms with Crippen LogP contribution in [0.4, 0.5) is 10.1 Å². The van der Waals surface area contributed by atoms with Crippen LogP contribution in [-0.4, -0.2) is 31.1 Å². The van der Waals surface area contributed by atoms with E-state index in [1.807, 2.05) is 0 Å². The molecule has 1 aromatic rings. The zero-order valence-corrected chi connectivity index (χ0v) is 8.50. The molecule has 15 heavy (non-hydrogen) atoms. The van der Waals surface area contributed by atoms with Gasteiger partial charge in [-0.3, -0.25) is 5.41 Å². The van der Waals surface area contributed by atoms with Gasteiger partial charge in [0.05, 0.1) is 12.3 Å². The van der Waals surface area contributed by atoms with Crippen LogP contribution < -0.4 is 10.6 Å². The van der Waals surface area contributed by atoms with Gasteiger partial charge in [0.15, 0.2) is 0 Å². The minimum atomic E-state index is -0.446. The van der Waals surface area contributed by atoms with Crippen molar-refractivity contribution < 1.29 is 9.50 Å². The first-order valence-corrected chi connectivity index (χ1v) is 4.52. The fraction of sp³-hybridized carbons (Fsp3) is 0.300. The Bertz CT molecular complexity index is 368. The lowest BCUT2D eigenvalue weighted by Crippen LogP contribution is -2.22. The molecule has 5 heteroatoms. The molecular weight excluding hydrogens is 197 g/mol. The van der Waals surface area contributed by atoms with Crippen LogP contribution in [0.1, 0.15) is 5.56 Å². The molecule has 0 bridgehead atoms. The van der Waals surface area contributed by atoms with Gasteiger partial charge in [0.1, 0.15) is 11.7 Å². The average molecular weight is 211 g/mol. The monoisotopic (exact) mass is 211 g/mol. The van der Waals surface area contributed by atoms with Gasteiger partial charge in [-0.2, -0.15) is 0 Å². The lowest BCUT2D eigenvalue weighted by Gasteiger charge is -2.18. The molecule has 82 valence electrons. The van der Waals surface area contributed by atoms with Crippen LogP contribution in [0.3, 0.4) is 0 Å². The third-order valence-electron chi connectivity index (χ3n) is 2.11. The van der Waals surface area contributed by atoms with Crippen LogP contribution in [0.25, 0.3) is 0 Å². The van der Waals surface area contributed by atoms with Crippen molar-refractivity contribution in [2.24, 2.45) is 5.73 Å². The average Bonchev–Trinajstić information content (AvgIpc) is 2.17. The number of nitrogen functional groups attached to an aromatic ring is 1.